The third kappa shape index (κ3) is 3.96. The van der Waals surface area contributed by atoms with Crippen molar-refractivity contribution in [2.75, 3.05) is 0 Å². The molecule has 0 aromatic heterocycles. The van der Waals surface area contributed by atoms with E-state index < -0.39 is 4.92 Å². The number of benzene rings is 2. The summed E-state index contributed by atoms with van der Waals surface area (Å²) in [5.74, 6) is 0.440. The topological polar surface area (TPSA) is 85.0 Å². The second kappa shape index (κ2) is 7.24. The molecule has 0 amide bonds. The van der Waals surface area contributed by atoms with E-state index in [1.807, 2.05) is 0 Å². The second-order valence-electron chi connectivity index (χ2n) is 4.27. The van der Waals surface area contributed by atoms with Gasteiger partial charge in [0, 0.05) is 12.1 Å². The molecule has 0 atom stereocenters. The first-order valence-corrected chi connectivity index (χ1v) is 7.21. The Morgan fingerprint density at radius 1 is 1.36 bits per heavy atom. The molecule has 0 spiro atoms. The van der Waals surface area contributed by atoms with Crippen molar-refractivity contribution < 1.29 is 14.9 Å². The molecule has 6 nitrogen and oxygen atoms in total. The SMILES string of the molecule is O=[N+]([O-])c1ccc(COc2c(Cl)cc(/C=N/O)cc2Br)cc1. The zero-order valence-electron chi connectivity index (χ0n) is 11.1. The predicted octanol–water partition coefficient (Wildman–Crippen LogP) is 4.40. The van der Waals surface area contributed by atoms with Gasteiger partial charge in [0.05, 0.1) is 20.6 Å². The number of ether oxygens (including phenoxy) is 1. The van der Waals surface area contributed by atoms with Gasteiger partial charge in [0.25, 0.3) is 5.69 Å². The molecule has 2 aromatic carbocycles. The van der Waals surface area contributed by atoms with E-state index in [-0.39, 0.29) is 12.3 Å². The highest BCUT2D eigenvalue weighted by Crippen LogP contribution is 2.34. The van der Waals surface area contributed by atoms with Gasteiger partial charge in [0.1, 0.15) is 6.61 Å². The summed E-state index contributed by atoms with van der Waals surface area (Å²) in [6, 6.07) is 9.35. The predicted molar refractivity (Wildman–Crippen MR) is 86.0 cm³/mol. The van der Waals surface area contributed by atoms with Crippen LogP contribution < -0.4 is 4.74 Å². The molecular weight excluding hydrogens is 376 g/mol. The van der Waals surface area contributed by atoms with E-state index in [0.717, 1.165) is 5.56 Å². The number of nitrogens with zero attached hydrogens (tertiary/aromatic N) is 2. The van der Waals surface area contributed by atoms with Crippen LogP contribution in [0.25, 0.3) is 0 Å². The zero-order valence-corrected chi connectivity index (χ0v) is 13.4. The first-order valence-electron chi connectivity index (χ1n) is 6.04. The molecule has 8 heteroatoms. The van der Waals surface area contributed by atoms with Crippen LogP contribution in [0.3, 0.4) is 0 Å². The number of hydrogen-bond acceptors (Lipinski definition) is 5. The Labute approximate surface area is 139 Å². The van der Waals surface area contributed by atoms with E-state index in [9.17, 15) is 10.1 Å². The van der Waals surface area contributed by atoms with Crippen molar-refractivity contribution in [2.45, 2.75) is 6.61 Å². The molecule has 0 aliphatic carbocycles. The van der Waals surface area contributed by atoms with Crippen molar-refractivity contribution in [2.24, 2.45) is 5.16 Å². The van der Waals surface area contributed by atoms with Crippen LogP contribution in [0.15, 0.2) is 46.0 Å². The van der Waals surface area contributed by atoms with Gasteiger partial charge in [-0.2, -0.15) is 0 Å². The Morgan fingerprint density at radius 3 is 2.59 bits per heavy atom. The highest BCUT2D eigenvalue weighted by molar-refractivity contribution is 9.10. The van der Waals surface area contributed by atoms with Gasteiger partial charge in [-0.15, -0.1) is 0 Å². The van der Waals surface area contributed by atoms with Crippen LogP contribution in [0, 0.1) is 10.1 Å². The fraction of sp³-hybridized carbons (Fsp3) is 0.0714. The van der Waals surface area contributed by atoms with E-state index >= 15 is 0 Å². The molecule has 0 bridgehead atoms. The Hall–Kier alpha value is -2.12. The average Bonchev–Trinajstić information content (AvgIpc) is 2.47. The summed E-state index contributed by atoms with van der Waals surface area (Å²) in [6.07, 6.45) is 1.25. The number of nitro groups is 1. The maximum atomic E-state index is 10.6. The number of nitro benzene ring substituents is 1. The highest BCUT2D eigenvalue weighted by atomic mass is 79.9. The van der Waals surface area contributed by atoms with Gasteiger partial charge in [-0.25, -0.2) is 0 Å². The maximum Gasteiger partial charge on any atom is 0.269 e. The molecule has 0 fully saturated rings. The summed E-state index contributed by atoms with van der Waals surface area (Å²) in [5, 5.41) is 22.4. The standard InChI is InChI=1S/C14H10BrClN2O4/c15-12-5-10(7-17-19)6-13(16)14(12)22-8-9-1-3-11(4-2-9)18(20)21/h1-7,19H,8H2/b17-7+. The molecule has 0 aliphatic rings. The first kappa shape index (κ1) is 16.3. The van der Waals surface area contributed by atoms with Crippen LogP contribution >= 0.6 is 27.5 Å². The van der Waals surface area contributed by atoms with Crippen molar-refractivity contribution in [3.05, 3.63) is 67.1 Å². The minimum absolute atomic E-state index is 0.0237. The Morgan fingerprint density at radius 2 is 2.05 bits per heavy atom. The van der Waals surface area contributed by atoms with Crippen molar-refractivity contribution in [1.82, 2.24) is 0 Å². The maximum absolute atomic E-state index is 10.6. The van der Waals surface area contributed by atoms with Gasteiger partial charge < -0.3 is 9.94 Å². The molecule has 0 radical (unpaired) electrons. The summed E-state index contributed by atoms with van der Waals surface area (Å²) < 4.78 is 6.24. The van der Waals surface area contributed by atoms with Crippen molar-refractivity contribution in [1.29, 1.82) is 0 Å². The Bertz CT molecular complexity index is 696. The van der Waals surface area contributed by atoms with Crippen molar-refractivity contribution in [3.63, 3.8) is 0 Å². The number of halogens is 2. The summed E-state index contributed by atoms with van der Waals surface area (Å²) in [6.45, 7) is 0.212. The van der Waals surface area contributed by atoms with E-state index in [1.165, 1.54) is 18.3 Å². The normalized spacial score (nSPS) is 10.8. The van der Waals surface area contributed by atoms with Crippen molar-refractivity contribution in [3.8, 4) is 5.75 Å². The quantitative estimate of drug-likeness (QED) is 0.358. The number of oxime groups is 1. The lowest BCUT2D eigenvalue weighted by molar-refractivity contribution is -0.384. The molecule has 1 N–H and O–H groups in total. The molecular formula is C14H10BrClN2O4. The molecule has 114 valence electrons. The first-order chi connectivity index (χ1) is 10.5. The lowest BCUT2D eigenvalue weighted by atomic mass is 10.2. The third-order valence-electron chi connectivity index (χ3n) is 2.76. The molecule has 0 heterocycles. The van der Waals surface area contributed by atoms with E-state index in [2.05, 4.69) is 21.1 Å². The fourth-order valence-corrected chi connectivity index (χ4v) is 2.72. The highest BCUT2D eigenvalue weighted by Gasteiger charge is 2.10. The molecule has 2 rings (SSSR count). The van der Waals surface area contributed by atoms with Crippen molar-refractivity contribution >= 4 is 39.4 Å². The van der Waals surface area contributed by atoms with Crippen LogP contribution in [0.2, 0.25) is 5.02 Å². The summed E-state index contributed by atoms with van der Waals surface area (Å²) in [5.41, 5.74) is 1.41. The van der Waals surface area contributed by atoms with Gasteiger partial charge in [-0.1, -0.05) is 16.8 Å². The largest absolute Gasteiger partial charge is 0.486 e. The lowest BCUT2D eigenvalue weighted by Gasteiger charge is -2.11. The second-order valence-corrected chi connectivity index (χ2v) is 5.53. The summed E-state index contributed by atoms with van der Waals surface area (Å²) >= 11 is 9.45. The van der Waals surface area contributed by atoms with Gasteiger partial charge in [-0.3, -0.25) is 10.1 Å². The van der Waals surface area contributed by atoms with E-state index in [0.29, 0.717) is 20.8 Å². The molecule has 0 aliphatic heterocycles. The number of rotatable bonds is 5. The molecule has 0 saturated carbocycles. The summed E-state index contributed by atoms with van der Waals surface area (Å²) in [7, 11) is 0. The molecule has 0 saturated heterocycles. The Balaban J connectivity index is 2.12. The zero-order chi connectivity index (χ0) is 16.1. The van der Waals surface area contributed by atoms with Crippen LogP contribution in [-0.4, -0.2) is 16.3 Å². The minimum atomic E-state index is -0.459. The van der Waals surface area contributed by atoms with Crippen LogP contribution in [0.1, 0.15) is 11.1 Å². The number of non-ortho nitro benzene ring substituents is 1. The van der Waals surface area contributed by atoms with E-state index in [1.54, 1.807) is 24.3 Å². The monoisotopic (exact) mass is 384 g/mol. The Kier molecular flexibility index (Phi) is 5.35. The molecule has 2 aromatic rings. The average molecular weight is 386 g/mol. The van der Waals surface area contributed by atoms with E-state index in [4.69, 9.17) is 21.5 Å². The van der Waals surface area contributed by atoms with Gasteiger partial charge >= 0.3 is 0 Å². The molecule has 22 heavy (non-hydrogen) atoms. The van der Waals surface area contributed by atoms with Gasteiger partial charge in [0.15, 0.2) is 5.75 Å². The van der Waals surface area contributed by atoms with Crippen LogP contribution in [0.5, 0.6) is 5.75 Å². The number of hydrogen-bond donors (Lipinski definition) is 1. The van der Waals surface area contributed by atoms with Gasteiger partial charge in [-0.05, 0) is 51.3 Å². The fourth-order valence-electron chi connectivity index (χ4n) is 1.73. The smallest absolute Gasteiger partial charge is 0.269 e. The summed E-state index contributed by atoms with van der Waals surface area (Å²) in [4.78, 5) is 10.1. The molecule has 0 unspecified atom stereocenters. The van der Waals surface area contributed by atoms with Crippen LogP contribution in [-0.2, 0) is 6.61 Å². The lowest BCUT2D eigenvalue weighted by Crippen LogP contribution is -1.98. The minimum Gasteiger partial charge on any atom is -0.486 e. The third-order valence-corrected chi connectivity index (χ3v) is 3.63. The van der Waals surface area contributed by atoms with Gasteiger partial charge in [0.2, 0.25) is 0 Å². The van der Waals surface area contributed by atoms with Crippen LogP contribution in [0.4, 0.5) is 5.69 Å².